The molecule has 0 unspecified atom stereocenters. The molecule has 2 rings (SSSR count). The standard InChI is InChI=1S/2C5H5.C2H2Cl2O.Fe/c2*1-2-4-5-3-1;3-1-2(4)5;/h2*1-5H;1H2;/q-5;-1;;. The number of alkyl halides is 1. The van der Waals surface area contributed by atoms with Crippen LogP contribution in [0.5, 0.6) is 0 Å². The molecule has 0 aromatic heterocycles. The number of carbonyl (C=O) groups is 1. The van der Waals surface area contributed by atoms with Crippen LogP contribution < -0.4 is 0 Å². The van der Waals surface area contributed by atoms with Crippen molar-refractivity contribution in [2.75, 3.05) is 5.88 Å². The third-order valence-corrected chi connectivity index (χ3v) is 1.73. The van der Waals surface area contributed by atoms with Gasteiger partial charge in [0.2, 0.25) is 5.24 Å². The molecule has 2 aromatic carbocycles. The molecule has 0 atom stereocenters. The fourth-order valence-corrected chi connectivity index (χ4v) is 0.642. The van der Waals surface area contributed by atoms with Crippen molar-refractivity contribution >= 4 is 28.4 Å². The van der Waals surface area contributed by atoms with Gasteiger partial charge in [-0.05, 0) is 11.6 Å². The van der Waals surface area contributed by atoms with Crippen LogP contribution in [0.4, 0.5) is 0 Å². The van der Waals surface area contributed by atoms with Gasteiger partial charge in [-0.15, -0.1) is 11.6 Å². The van der Waals surface area contributed by atoms with E-state index in [4.69, 9.17) is 23.2 Å². The van der Waals surface area contributed by atoms with Crippen LogP contribution in [0.25, 0.3) is 0 Å². The summed E-state index contributed by atoms with van der Waals surface area (Å²) in [5, 5.41) is -0.508. The first kappa shape index (κ1) is 17.9. The van der Waals surface area contributed by atoms with Crippen molar-refractivity contribution in [2.45, 2.75) is 0 Å². The monoisotopic (exact) mass is 298 g/mol. The van der Waals surface area contributed by atoms with Crippen molar-refractivity contribution in [2.24, 2.45) is 0 Å². The quantitative estimate of drug-likeness (QED) is 0.339. The summed E-state index contributed by atoms with van der Waals surface area (Å²) in [7, 11) is 0. The van der Waals surface area contributed by atoms with Gasteiger partial charge in [0, 0.05) is 17.1 Å². The number of halogens is 2. The van der Waals surface area contributed by atoms with Crippen molar-refractivity contribution in [3.8, 4) is 0 Å². The van der Waals surface area contributed by atoms with Crippen molar-refractivity contribution in [1.29, 1.82) is 0 Å². The Kier molecular flexibility index (Phi) is 16.1. The molecule has 0 spiro atoms. The zero-order valence-corrected chi connectivity index (χ0v) is 11.1. The molecule has 0 aliphatic rings. The molecule has 4 heteroatoms. The molecule has 0 N–H and O–H groups in total. The second kappa shape index (κ2) is 14.5. The molecule has 1 nitrogen and oxygen atoms in total. The fraction of sp³-hybridized carbons (Fsp3) is 0.0833. The summed E-state index contributed by atoms with van der Waals surface area (Å²) in [6, 6.07) is 20.0. The Labute approximate surface area is 117 Å². The van der Waals surface area contributed by atoms with Gasteiger partial charge in [-0.25, -0.2) is 12.1 Å². The average Bonchev–Trinajstić information content (AvgIpc) is 2.96. The molecule has 0 heterocycles. The van der Waals surface area contributed by atoms with Gasteiger partial charge in [0.05, 0.1) is 5.88 Å². The Bertz CT molecular complexity index is 243. The number of hydrogen-bond acceptors (Lipinski definition) is 1. The molecule has 94 valence electrons. The molecule has 0 fully saturated rings. The van der Waals surface area contributed by atoms with E-state index >= 15 is 0 Å². The molecule has 0 bridgehead atoms. The van der Waals surface area contributed by atoms with Crippen molar-refractivity contribution < 1.29 is 21.9 Å². The molecule has 16 heavy (non-hydrogen) atoms. The van der Waals surface area contributed by atoms with E-state index in [1.807, 2.05) is 60.7 Å². The van der Waals surface area contributed by atoms with Crippen LogP contribution in [0.3, 0.4) is 0 Å². The average molecular weight is 299 g/mol. The minimum atomic E-state index is -0.508. The minimum absolute atomic E-state index is 0. The Morgan fingerprint density at radius 2 is 1.31 bits per heavy atom. The Morgan fingerprint density at radius 1 is 1.00 bits per heavy atom. The van der Waals surface area contributed by atoms with Gasteiger partial charge < -0.3 is 30.3 Å². The van der Waals surface area contributed by atoms with Crippen molar-refractivity contribution in [3.05, 3.63) is 60.7 Å². The summed E-state index contributed by atoms with van der Waals surface area (Å²) in [6.07, 6.45) is 0. The summed E-state index contributed by atoms with van der Waals surface area (Å²) >= 11 is 9.55. The fourth-order valence-electron chi connectivity index (χ4n) is 0.642. The molecule has 0 amide bonds. The second-order valence-corrected chi connectivity index (χ2v) is 3.10. The summed E-state index contributed by atoms with van der Waals surface area (Å²) in [4.78, 5) is 9.45. The minimum Gasteiger partial charge on any atom is -0.748 e. The van der Waals surface area contributed by atoms with Crippen LogP contribution >= 0.6 is 23.2 Å². The van der Waals surface area contributed by atoms with E-state index in [0.717, 1.165) is 0 Å². The summed E-state index contributed by atoms with van der Waals surface area (Å²) < 4.78 is 0. The molecule has 0 radical (unpaired) electrons. The van der Waals surface area contributed by atoms with Crippen molar-refractivity contribution in [3.63, 3.8) is 0 Å². The molecular weight excluding hydrogens is 287 g/mol. The van der Waals surface area contributed by atoms with Gasteiger partial charge in [-0.2, -0.15) is 18.2 Å². The van der Waals surface area contributed by atoms with Crippen molar-refractivity contribution in [1.82, 2.24) is 0 Å². The maximum Gasteiger partial charge on any atom is 0.236 e. The predicted molar refractivity (Wildman–Crippen MR) is 65.7 cm³/mol. The summed E-state index contributed by atoms with van der Waals surface area (Å²) in [5.41, 5.74) is 0. The molecule has 0 saturated carbocycles. The van der Waals surface area contributed by atoms with Gasteiger partial charge in [0.1, 0.15) is 0 Å². The SMILES string of the molecule is O=C(Cl)CCl.[Fe].[cH-]1[cH-][cH-][cH-][cH-]1.c1cc[cH-]c1. The first-order valence-electron chi connectivity index (χ1n) is 4.35. The number of hydrogen-bond donors (Lipinski definition) is 0. The zero-order chi connectivity index (χ0) is 11.4. The van der Waals surface area contributed by atoms with Crippen LogP contribution in [0.15, 0.2) is 60.7 Å². The van der Waals surface area contributed by atoms with E-state index in [9.17, 15) is 4.79 Å². The smallest absolute Gasteiger partial charge is 0.236 e. The van der Waals surface area contributed by atoms with E-state index in [2.05, 4.69) is 0 Å². The maximum absolute atomic E-state index is 9.45. The Morgan fingerprint density at radius 3 is 1.44 bits per heavy atom. The van der Waals surface area contributed by atoms with Crippen LogP contribution in [0, 0.1) is 0 Å². The van der Waals surface area contributed by atoms with E-state index < -0.39 is 5.24 Å². The van der Waals surface area contributed by atoms with Crippen LogP contribution in [-0.4, -0.2) is 11.1 Å². The third-order valence-electron chi connectivity index (χ3n) is 1.22. The first-order valence-corrected chi connectivity index (χ1v) is 5.26. The molecule has 0 aliphatic carbocycles. The molecule has 0 aliphatic heterocycles. The van der Waals surface area contributed by atoms with E-state index in [1.54, 1.807) is 0 Å². The zero-order valence-electron chi connectivity index (χ0n) is 8.50. The van der Waals surface area contributed by atoms with E-state index in [0.29, 0.717) is 0 Å². The van der Waals surface area contributed by atoms with Gasteiger partial charge >= 0.3 is 0 Å². The van der Waals surface area contributed by atoms with Crippen LogP contribution in [0.1, 0.15) is 0 Å². The topological polar surface area (TPSA) is 17.1 Å². The largest absolute Gasteiger partial charge is 0.748 e. The van der Waals surface area contributed by atoms with Crippen LogP contribution in [0.2, 0.25) is 0 Å². The van der Waals surface area contributed by atoms with Gasteiger partial charge in [-0.1, -0.05) is 0 Å². The second-order valence-electron chi connectivity index (χ2n) is 2.41. The van der Waals surface area contributed by atoms with Gasteiger partial charge in [-0.3, -0.25) is 4.79 Å². The molecule has 0 saturated heterocycles. The Hall–Kier alpha value is -0.531. The maximum atomic E-state index is 9.45. The van der Waals surface area contributed by atoms with Gasteiger partial charge in [0.15, 0.2) is 0 Å². The van der Waals surface area contributed by atoms with Crippen LogP contribution in [-0.2, 0) is 21.9 Å². The Balaban J connectivity index is 0. The normalized spacial score (nSPS) is 7.38. The van der Waals surface area contributed by atoms with Gasteiger partial charge in [0.25, 0.3) is 0 Å². The molecular formula is C12H12Cl2FeO-6. The molecule has 2 aromatic rings. The first-order chi connectivity index (χ1) is 7.27. The number of carbonyl (C=O) groups excluding carboxylic acids is 1. The van der Waals surface area contributed by atoms with E-state index in [-0.39, 0.29) is 22.9 Å². The number of rotatable bonds is 1. The summed E-state index contributed by atoms with van der Waals surface area (Å²) in [6.45, 7) is 0. The summed E-state index contributed by atoms with van der Waals surface area (Å²) in [5.74, 6) is -0.0957. The van der Waals surface area contributed by atoms with E-state index in [1.165, 1.54) is 0 Å². The third kappa shape index (κ3) is 15.9. The predicted octanol–water partition coefficient (Wildman–Crippen LogP) is 3.80.